The molecular weight excluding hydrogens is 386 g/mol. The van der Waals surface area contributed by atoms with Crippen molar-refractivity contribution in [2.75, 3.05) is 11.9 Å². The standard InChI is InChI=1S/C19H18ClN3O3S/c20-10-5-6-12-13(7-10)19(26)23(18(12)25)9-16(24)22-17-14(8-21)11-3-1-2-4-15(11)27-17/h5,12-13H,1-4,6-7,9H2,(H,22,24)/t12-,13+/m0/s1. The van der Waals surface area contributed by atoms with Crippen molar-refractivity contribution in [2.45, 2.75) is 38.5 Å². The Bertz CT molecular complexity index is 914. The van der Waals surface area contributed by atoms with Gasteiger partial charge in [-0.05, 0) is 44.1 Å². The fraction of sp³-hybridized carbons (Fsp3) is 0.474. The first-order valence-electron chi connectivity index (χ1n) is 9.03. The topological polar surface area (TPSA) is 90.3 Å². The van der Waals surface area contributed by atoms with Crippen LogP contribution in [0.15, 0.2) is 11.1 Å². The van der Waals surface area contributed by atoms with E-state index in [2.05, 4.69) is 11.4 Å². The molecule has 0 radical (unpaired) electrons. The predicted molar refractivity (Wildman–Crippen MR) is 101 cm³/mol. The molecule has 1 saturated heterocycles. The zero-order chi connectivity index (χ0) is 19.1. The van der Waals surface area contributed by atoms with Crippen molar-refractivity contribution in [3.63, 3.8) is 0 Å². The molecule has 1 aromatic rings. The number of likely N-dealkylation sites (tertiary alicyclic amines) is 1. The van der Waals surface area contributed by atoms with E-state index in [4.69, 9.17) is 11.6 Å². The molecule has 0 aromatic carbocycles. The number of hydrogen-bond acceptors (Lipinski definition) is 5. The summed E-state index contributed by atoms with van der Waals surface area (Å²) in [5.74, 6) is -1.99. The van der Waals surface area contributed by atoms with Crippen LogP contribution in [0, 0.1) is 23.2 Å². The van der Waals surface area contributed by atoms with Crippen LogP contribution in [0.5, 0.6) is 0 Å². The molecule has 0 spiro atoms. The van der Waals surface area contributed by atoms with Gasteiger partial charge in [0.2, 0.25) is 17.7 Å². The van der Waals surface area contributed by atoms with Gasteiger partial charge in [-0.3, -0.25) is 19.3 Å². The van der Waals surface area contributed by atoms with Gasteiger partial charge in [-0.15, -0.1) is 11.3 Å². The Morgan fingerprint density at radius 2 is 2.04 bits per heavy atom. The number of thiophene rings is 1. The second-order valence-corrected chi connectivity index (χ2v) is 8.73. The number of imide groups is 1. The SMILES string of the molecule is N#Cc1c(NC(=O)CN2C(=O)[C@H]3CC=C(Cl)C[C@H]3C2=O)sc2c1CCCC2. The molecule has 2 aliphatic carbocycles. The monoisotopic (exact) mass is 403 g/mol. The third-order valence-corrected chi connectivity index (χ3v) is 7.01. The molecule has 140 valence electrons. The van der Waals surface area contributed by atoms with Crippen molar-refractivity contribution >= 4 is 45.7 Å². The lowest BCUT2D eigenvalue weighted by Crippen LogP contribution is -2.38. The summed E-state index contributed by atoms with van der Waals surface area (Å²) in [6, 6.07) is 2.19. The summed E-state index contributed by atoms with van der Waals surface area (Å²) in [7, 11) is 0. The molecule has 0 bridgehead atoms. The summed E-state index contributed by atoms with van der Waals surface area (Å²) in [6.45, 7) is -0.324. The van der Waals surface area contributed by atoms with Crippen LogP contribution in [0.25, 0.3) is 0 Å². The van der Waals surface area contributed by atoms with Crippen LogP contribution in [-0.2, 0) is 27.2 Å². The van der Waals surface area contributed by atoms with E-state index >= 15 is 0 Å². The number of hydrogen-bond donors (Lipinski definition) is 1. The van der Waals surface area contributed by atoms with E-state index in [9.17, 15) is 19.6 Å². The Kier molecular flexibility index (Phi) is 4.79. The minimum atomic E-state index is -0.466. The molecule has 4 rings (SSSR count). The van der Waals surface area contributed by atoms with Crippen LogP contribution >= 0.6 is 22.9 Å². The van der Waals surface area contributed by atoms with Crippen molar-refractivity contribution < 1.29 is 14.4 Å². The highest BCUT2D eigenvalue weighted by Gasteiger charge is 2.48. The summed E-state index contributed by atoms with van der Waals surface area (Å²) in [6.07, 6.45) is 6.46. The lowest BCUT2D eigenvalue weighted by Gasteiger charge is -2.17. The first-order valence-corrected chi connectivity index (χ1v) is 10.2. The van der Waals surface area contributed by atoms with Gasteiger partial charge in [-0.25, -0.2) is 0 Å². The van der Waals surface area contributed by atoms with E-state index in [0.29, 0.717) is 28.4 Å². The van der Waals surface area contributed by atoms with Gasteiger partial charge in [0, 0.05) is 9.91 Å². The molecule has 1 fully saturated rings. The van der Waals surface area contributed by atoms with Crippen LogP contribution in [0.1, 0.15) is 41.7 Å². The minimum absolute atomic E-state index is 0.313. The number of nitriles is 1. The number of carbonyl (C=O) groups excluding carboxylic acids is 3. The lowest BCUT2D eigenvalue weighted by molar-refractivity contribution is -0.142. The van der Waals surface area contributed by atoms with Crippen molar-refractivity contribution in [2.24, 2.45) is 11.8 Å². The van der Waals surface area contributed by atoms with Crippen LogP contribution < -0.4 is 5.32 Å². The van der Waals surface area contributed by atoms with Crippen LogP contribution in [-0.4, -0.2) is 29.2 Å². The molecule has 6 nitrogen and oxygen atoms in total. The fourth-order valence-corrected chi connectivity index (χ4v) is 5.65. The van der Waals surface area contributed by atoms with Gasteiger partial charge < -0.3 is 5.32 Å². The molecule has 8 heteroatoms. The van der Waals surface area contributed by atoms with E-state index in [1.807, 2.05) is 0 Å². The molecule has 1 aromatic heterocycles. The van der Waals surface area contributed by atoms with Gasteiger partial charge in [0.05, 0.1) is 17.4 Å². The molecule has 0 saturated carbocycles. The maximum absolute atomic E-state index is 12.6. The molecule has 1 N–H and O–H groups in total. The maximum atomic E-state index is 12.6. The van der Waals surface area contributed by atoms with E-state index in [1.54, 1.807) is 6.08 Å². The Hall–Kier alpha value is -2.17. The number of rotatable bonds is 3. The highest BCUT2D eigenvalue weighted by atomic mass is 35.5. The zero-order valence-electron chi connectivity index (χ0n) is 14.6. The molecule has 27 heavy (non-hydrogen) atoms. The Morgan fingerprint density at radius 1 is 1.30 bits per heavy atom. The summed E-state index contributed by atoms with van der Waals surface area (Å²) < 4.78 is 0. The average Bonchev–Trinajstić information content (AvgIpc) is 3.11. The number of halogens is 1. The first-order chi connectivity index (χ1) is 13.0. The van der Waals surface area contributed by atoms with E-state index in [-0.39, 0.29) is 18.4 Å². The quantitative estimate of drug-likeness (QED) is 0.785. The average molecular weight is 404 g/mol. The smallest absolute Gasteiger partial charge is 0.245 e. The molecule has 2 heterocycles. The van der Waals surface area contributed by atoms with Crippen molar-refractivity contribution in [1.82, 2.24) is 4.90 Å². The zero-order valence-corrected chi connectivity index (χ0v) is 16.2. The second kappa shape index (κ2) is 7.10. The number of allylic oxidation sites excluding steroid dienone is 2. The molecule has 0 unspecified atom stereocenters. The maximum Gasteiger partial charge on any atom is 0.245 e. The Balaban J connectivity index is 1.48. The lowest BCUT2D eigenvalue weighted by atomic mass is 9.85. The number of nitrogens with one attached hydrogen (secondary N) is 1. The van der Waals surface area contributed by atoms with Crippen LogP contribution in [0.2, 0.25) is 0 Å². The van der Waals surface area contributed by atoms with Crippen LogP contribution in [0.3, 0.4) is 0 Å². The normalized spacial score (nSPS) is 24.1. The van der Waals surface area contributed by atoms with Crippen LogP contribution in [0.4, 0.5) is 5.00 Å². The van der Waals surface area contributed by atoms with Gasteiger partial charge >= 0.3 is 0 Å². The van der Waals surface area contributed by atoms with Crippen molar-refractivity contribution in [1.29, 1.82) is 5.26 Å². The number of carbonyl (C=O) groups is 3. The highest BCUT2D eigenvalue weighted by Crippen LogP contribution is 2.39. The minimum Gasteiger partial charge on any atom is -0.315 e. The van der Waals surface area contributed by atoms with Crippen molar-refractivity contribution in [3.8, 4) is 6.07 Å². The summed E-state index contributed by atoms with van der Waals surface area (Å²) in [5.41, 5.74) is 1.55. The number of nitrogens with zero attached hydrogens (tertiary/aromatic N) is 2. The van der Waals surface area contributed by atoms with Crippen molar-refractivity contribution in [3.05, 3.63) is 27.1 Å². The van der Waals surface area contributed by atoms with E-state index in [0.717, 1.165) is 41.0 Å². The summed E-state index contributed by atoms with van der Waals surface area (Å²) in [4.78, 5) is 39.8. The first kappa shape index (κ1) is 18.2. The molecule has 3 amide bonds. The second-order valence-electron chi connectivity index (χ2n) is 7.14. The third-order valence-electron chi connectivity index (χ3n) is 5.50. The molecule has 1 aliphatic heterocycles. The van der Waals surface area contributed by atoms with E-state index in [1.165, 1.54) is 11.3 Å². The molecular formula is C19H18ClN3O3S. The number of amides is 3. The molecule has 2 atom stereocenters. The number of aryl methyl sites for hydroxylation is 1. The van der Waals surface area contributed by atoms with Gasteiger partial charge in [0.15, 0.2) is 0 Å². The van der Waals surface area contributed by atoms with E-state index < -0.39 is 17.7 Å². The predicted octanol–water partition coefficient (Wildman–Crippen LogP) is 2.95. The Labute approximate surface area is 165 Å². The largest absolute Gasteiger partial charge is 0.315 e. The summed E-state index contributed by atoms with van der Waals surface area (Å²) >= 11 is 7.44. The van der Waals surface area contributed by atoms with Gasteiger partial charge in [0.25, 0.3) is 0 Å². The molecule has 3 aliphatic rings. The Morgan fingerprint density at radius 3 is 2.81 bits per heavy atom. The number of anilines is 1. The number of fused-ring (bicyclic) bond motifs is 2. The van der Waals surface area contributed by atoms with Gasteiger partial charge in [-0.1, -0.05) is 17.7 Å². The fourth-order valence-electron chi connectivity index (χ4n) is 4.13. The van der Waals surface area contributed by atoms with Gasteiger partial charge in [0.1, 0.15) is 17.6 Å². The third kappa shape index (κ3) is 3.17. The highest BCUT2D eigenvalue weighted by molar-refractivity contribution is 7.16. The van der Waals surface area contributed by atoms with Gasteiger partial charge in [-0.2, -0.15) is 5.26 Å². The summed E-state index contributed by atoms with van der Waals surface area (Å²) in [5, 5.41) is 13.3.